The minimum Gasteiger partial charge on any atom is -0.478 e. The van der Waals surface area contributed by atoms with Crippen LogP contribution >= 0.6 is 0 Å². The largest absolute Gasteiger partial charge is 0.478 e. The van der Waals surface area contributed by atoms with Crippen molar-refractivity contribution in [3.8, 4) is 17.3 Å². The second-order valence-electron chi connectivity index (χ2n) is 8.06. The van der Waals surface area contributed by atoms with E-state index in [0.29, 0.717) is 30.5 Å². The van der Waals surface area contributed by atoms with Crippen molar-refractivity contribution in [2.75, 3.05) is 44.2 Å². The number of benzene rings is 2. The molecular weight excluding hydrogens is 460 g/mol. The number of aliphatic carboxylic acids is 2. The first-order valence-electron chi connectivity index (χ1n) is 11.6. The second-order valence-corrected chi connectivity index (χ2v) is 8.06. The molecule has 2 heterocycles. The lowest BCUT2D eigenvalue weighted by Gasteiger charge is -2.36. The molecule has 1 fully saturated rings. The molecule has 2 aromatic carbocycles. The first kappa shape index (κ1) is 26.4. The van der Waals surface area contributed by atoms with Crippen LogP contribution in [0.25, 0.3) is 11.4 Å². The van der Waals surface area contributed by atoms with Crippen LogP contribution < -0.4 is 9.64 Å². The number of piperazine rings is 1. The summed E-state index contributed by atoms with van der Waals surface area (Å²) in [6.45, 7) is 7.72. The van der Waals surface area contributed by atoms with Crippen LogP contribution in [0, 0.1) is 6.92 Å². The summed E-state index contributed by atoms with van der Waals surface area (Å²) in [6.07, 6.45) is 1.12. The quantitative estimate of drug-likeness (QED) is 0.459. The standard InChI is InChI=1S/C23H26N4O.C4H4O4/c1-19-18-22(25-23(24-19)20-8-4-2-5-9-20)28-17-16-26-12-14-27(15-13-26)21-10-6-3-7-11-21;5-3(6)1-2-4(7)8/h2-11,18H,12-17H2,1H3;1-2H,(H,5,6)(H,7,8). The van der Waals surface area contributed by atoms with Gasteiger partial charge in [0, 0.05) is 67.9 Å². The summed E-state index contributed by atoms with van der Waals surface area (Å²) in [5.74, 6) is -1.15. The van der Waals surface area contributed by atoms with Crippen molar-refractivity contribution >= 4 is 17.6 Å². The van der Waals surface area contributed by atoms with E-state index < -0.39 is 11.9 Å². The van der Waals surface area contributed by atoms with Crippen LogP contribution in [0.2, 0.25) is 0 Å². The van der Waals surface area contributed by atoms with Gasteiger partial charge in [0.25, 0.3) is 0 Å². The van der Waals surface area contributed by atoms with E-state index in [-0.39, 0.29) is 0 Å². The number of ether oxygens (including phenoxy) is 1. The molecule has 0 saturated carbocycles. The fourth-order valence-electron chi connectivity index (χ4n) is 3.62. The molecule has 1 saturated heterocycles. The Morgan fingerprint density at radius 2 is 1.47 bits per heavy atom. The molecule has 2 N–H and O–H groups in total. The number of carboxylic acid groups (broad SMARTS) is 2. The number of aryl methyl sites for hydroxylation is 1. The molecule has 188 valence electrons. The van der Waals surface area contributed by atoms with Crippen molar-refractivity contribution in [1.82, 2.24) is 14.9 Å². The number of hydrogen-bond acceptors (Lipinski definition) is 7. The Hall–Kier alpha value is -4.24. The van der Waals surface area contributed by atoms with Gasteiger partial charge in [-0.3, -0.25) is 4.90 Å². The Kier molecular flexibility index (Phi) is 9.96. The minimum absolute atomic E-state index is 0.558. The van der Waals surface area contributed by atoms with E-state index in [1.807, 2.05) is 43.3 Å². The van der Waals surface area contributed by atoms with Gasteiger partial charge >= 0.3 is 11.9 Å². The van der Waals surface area contributed by atoms with Crippen LogP contribution in [-0.4, -0.2) is 76.4 Å². The minimum atomic E-state index is -1.26. The normalized spacial score (nSPS) is 13.6. The van der Waals surface area contributed by atoms with Gasteiger partial charge in [0.05, 0.1) is 0 Å². The maximum absolute atomic E-state index is 9.55. The summed E-state index contributed by atoms with van der Waals surface area (Å²) in [7, 11) is 0. The molecule has 4 rings (SSSR count). The van der Waals surface area contributed by atoms with Crippen molar-refractivity contribution in [3.63, 3.8) is 0 Å². The number of para-hydroxylation sites is 1. The Labute approximate surface area is 210 Å². The van der Waals surface area contributed by atoms with Gasteiger partial charge in [0.15, 0.2) is 5.82 Å². The second kappa shape index (κ2) is 13.6. The molecule has 0 amide bonds. The van der Waals surface area contributed by atoms with Gasteiger partial charge in [0.2, 0.25) is 5.88 Å². The van der Waals surface area contributed by atoms with E-state index in [1.165, 1.54) is 5.69 Å². The van der Waals surface area contributed by atoms with Gasteiger partial charge in [0.1, 0.15) is 6.61 Å². The number of carboxylic acids is 2. The molecule has 0 radical (unpaired) electrons. The summed E-state index contributed by atoms with van der Waals surface area (Å²) in [5, 5.41) is 15.6. The molecule has 0 bridgehead atoms. The highest BCUT2D eigenvalue weighted by atomic mass is 16.5. The number of carbonyl (C=O) groups is 2. The van der Waals surface area contributed by atoms with Gasteiger partial charge in [-0.05, 0) is 19.1 Å². The smallest absolute Gasteiger partial charge is 0.328 e. The highest BCUT2D eigenvalue weighted by Crippen LogP contribution is 2.19. The zero-order chi connectivity index (χ0) is 25.8. The lowest BCUT2D eigenvalue weighted by molar-refractivity contribution is -0.134. The highest BCUT2D eigenvalue weighted by Gasteiger charge is 2.17. The van der Waals surface area contributed by atoms with Gasteiger partial charge < -0.3 is 19.8 Å². The SMILES string of the molecule is Cc1cc(OCCN2CCN(c3ccccc3)CC2)nc(-c2ccccc2)n1.O=C(O)C=CC(=O)O. The van der Waals surface area contributed by atoms with E-state index in [4.69, 9.17) is 14.9 Å². The number of hydrogen-bond donors (Lipinski definition) is 2. The molecule has 1 aliphatic rings. The molecule has 0 atom stereocenters. The Bertz CT molecular complexity index is 1130. The molecule has 0 spiro atoms. The third kappa shape index (κ3) is 8.84. The van der Waals surface area contributed by atoms with Crippen molar-refractivity contribution < 1.29 is 24.5 Å². The monoisotopic (exact) mass is 490 g/mol. The number of nitrogens with zero attached hydrogens (tertiary/aromatic N) is 4. The number of rotatable bonds is 8. The summed E-state index contributed by atoms with van der Waals surface area (Å²) in [4.78, 5) is 33.1. The molecule has 1 aliphatic heterocycles. The molecule has 0 unspecified atom stereocenters. The zero-order valence-corrected chi connectivity index (χ0v) is 20.2. The van der Waals surface area contributed by atoms with E-state index in [9.17, 15) is 9.59 Å². The van der Waals surface area contributed by atoms with Gasteiger partial charge in [-0.25, -0.2) is 14.6 Å². The van der Waals surface area contributed by atoms with Crippen molar-refractivity contribution in [2.45, 2.75) is 6.92 Å². The van der Waals surface area contributed by atoms with Crippen molar-refractivity contribution in [2.24, 2.45) is 0 Å². The molecule has 9 nitrogen and oxygen atoms in total. The van der Waals surface area contributed by atoms with Crippen molar-refractivity contribution in [3.05, 3.63) is 84.6 Å². The van der Waals surface area contributed by atoms with E-state index in [2.05, 4.69) is 50.1 Å². The molecule has 3 aromatic rings. The van der Waals surface area contributed by atoms with Crippen LogP contribution in [0.3, 0.4) is 0 Å². The van der Waals surface area contributed by atoms with Crippen LogP contribution in [0.15, 0.2) is 78.9 Å². The Balaban J connectivity index is 0.000000392. The van der Waals surface area contributed by atoms with Gasteiger partial charge in [-0.15, -0.1) is 0 Å². The fourth-order valence-corrected chi connectivity index (χ4v) is 3.62. The molecule has 1 aromatic heterocycles. The first-order chi connectivity index (χ1) is 17.4. The molecule has 36 heavy (non-hydrogen) atoms. The lowest BCUT2D eigenvalue weighted by atomic mass is 10.2. The fraction of sp³-hybridized carbons (Fsp3) is 0.259. The van der Waals surface area contributed by atoms with E-state index in [1.54, 1.807) is 0 Å². The summed E-state index contributed by atoms with van der Waals surface area (Å²) in [6, 6.07) is 22.6. The van der Waals surface area contributed by atoms with Gasteiger partial charge in [-0.1, -0.05) is 48.5 Å². The predicted octanol–water partition coefficient (Wildman–Crippen LogP) is 3.36. The molecular formula is C27H30N4O5. The summed E-state index contributed by atoms with van der Waals surface area (Å²) >= 11 is 0. The van der Waals surface area contributed by atoms with Crippen LogP contribution in [0.4, 0.5) is 5.69 Å². The Morgan fingerprint density at radius 1 is 0.889 bits per heavy atom. The highest BCUT2D eigenvalue weighted by molar-refractivity contribution is 5.89. The predicted molar refractivity (Wildman–Crippen MR) is 137 cm³/mol. The lowest BCUT2D eigenvalue weighted by Crippen LogP contribution is -2.47. The summed E-state index contributed by atoms with van der Waals surface area (Å²) in [5.41, 5.74) is 3.23. The van der Waals surface area contributed by atoms with Crippen LogP contribution in [0.5, 0.6) is 5.88 Å². The molecule has 0 aliphatic carbocycles. The van der Waals surface area contributed by atoms with Crippen LogP contribution in [0.1, 0.15) is 5.69 Å². The van der Waals surface area contributed by atoms with Crippen molar-refractivity contribution in [1.29, 1.82) is 0 Å². The number of aromatic nitrogens is 2. The van der Waals surface area contributed by atoms with Gasteiger partial charge in [-0.2, -0.15) is 4.98 Å². The topological polar surface area (TPSA) is 116 Å². The average molecular weight is 491 g/mol. The zero-order valence-electron chi connectivity index (χ0n) is 20.2. The molecule has 9 heteroatoms. The third-order valence-corrected chi connectivity index (χ3v) is 5.38. The average Bonchev–Trinajstić information content (AvgIpc) is 2.89. The number of anilines is 1. The summed E-state index contributed by atoms with van der Waals surface area (Å²) < 4.78 is 5.96. The maximum Gasteiger partial charge on any atom is 0.328 e. The van der Waals surface area contributed by atoms with Crippen LogP contribution in [-0.2, 0) is 9.59 Å². The Morgan fingerprint density at radius 3 is 2.06 bits per heavy atom. The van der Waals surface area contributed by atoms with E-state index >= 15 is 0 Å². The third-order valence-electron chi connectivity index (χ3n) is 5.38. The van der Waals surface area contributed by atoms with E-state index in [0.717, 1.165) is 44.0 Å². The first-order valence-corrected chi connectivity index (χ1v) is 11.6. The maximum atomic E-state index is 9.55.